The average Bonchev–Trinajstić information content (AvgIpc) is 2.46. The van der Waals surface area contributed by atoms with Gasteiger partial charge >= 0.3 is 0 Å². The predicted molar refractivity (Wildman–Crippen MR) is 90.6 cm³/mol. The first kappa shape index (κ1) is 16.8. The molecule has 1 aromatic rings. The van der Waals surface area contributed by atoms with Crippen LogP contribution in [0.4, 0.5) is 5.69 Å². The third-order valence-corrected chi connectivity index (χ3v) is 3.39. The monoisotopic (exact) mass is 294 g/mol. The molecule has 0 aliphatic carbocycles. The Balaban J connectivity index is 2.13. The number of nitrogens with one attached hydrogen (secondary N) is 2. The van der Waals surface area contributed by atoms with Gasteiger partial charge in [0.2, 0.25) is 0 Å². The maximum atomic E-state index is 5.27. The van der Waals surface area contributed by atoms with Gasteiger partial charge in [0, 0.05) is 18.3 Å². The van der Waals surface area contributed by atoms with E-state index in [1.807, 2.05) is 24.3 Å². The molecule has 0 heterocycles. The number of ether oxygens (including phenoxy) is 1. The Morgan fingerprint density at radius 1 is 1.15 bits per heavy atom. The third kappa shape index (κ3) is 7.34. The molecular formula is C16H26N2OS. The van der Waals surface area contributed by atoms with Crippen LogP contribution in [-0.2, 0) is 0 Å². The number of methoxy groups -OCH3 is 1. The Morgan fingerprint density at radius 2 is 1.90 bits per heavy atom. The van der Waals surface area contributed by atoms with Crippen molar-refractivity contribution >= 4 is 23.0 Å². The fourth-order valence-corrected chi connectivity index (χ4v) is 2.20. The molecule has 0 unspecified atom stereocenters. The van der Waals surface area contributed by atoms with Gasteiger partial charge in [0.25, 0.3) is 0 Å². The van der Waals surface area contributed by atoms with E-state index in [1.54, 1.807) is 7.11 Å². The fourth-order valence-electron chi connectivity index (χ4n) is 1.98. The number of anilines is 1. The van der Waals surface area contributed by atoms with Crippen molar-refractivity contribution < 1.29 is 4.74 Å². The van der Waals surface area contributed by atoms with Crippen molar-refractivity contribution in [2.24, 2.45) is 0 Å². The SMILES string of the molecule is CCCCCCCCNC(=S)Nc1cccc(OC)c1. The first-order chi connectivity index (χ1) is 9.76. The first-order valence-electron chi connectivity index (χ1n) is 7.45. The van der Waals surface area contributed by atoms with Crippen molar-refractivity contribution in [1.82, 2.24) is 5.32 Å². The summed E-state index contributed by atoms with van der Waals surface area (Å²) in [6.45, 7) is 3.17. The van der Waals surface area contributed by atoms with Crippen LogP contribution in [0.1, 0.15) is 45.4 Å². The summed E-state index contributed by atoms with van der Waals surface area (Å²) in [4.78, 5) is 0. The minimum atomic E-state index is 0.673. The van der Waals surface area contributed by atoms with Gasteiger partial charge in [-0.15, -0.1) is 0 Å². The smallest absolute Gasteiger partial charge is 0.170 e. The molecule has 0 fully saturated rings. The highest BCUT2D eigenvalue weighted by atomic mass is 32.1. The summed E-state index contributed by atoms with van der Waals surface area (Å²) >= 11 is 5.27. The molecule has 0 saturated carbocycles. The predicted octanol–water partition coefficient (Wildman–Crippen LogP) is 4.34. The molecule has 0 radical (unpaired) electrons. The minimum Gasteiger partial charge on any atom is -0.497 e. The van der Waals surface area contributed by atoms with E-state index < -0.39 is 0 Å². The Kier molecular flexibility index (Phi) is 8.79. The van der Waals surface area contributed by atoms with Crippen LogP contribution in [-0.4, -0.2) is 18.8 Å². The minimum absolute atomic E-state index is 0.673. The lowest BCUT2D eigenvalue weighted by Crippen LogP contribution is -2.29. The van der Waals surface area contributed by atoms with E-state index in [9.17, 15) is 0 Å². The number of thiocarbonyl (C=S) groups is 1. The molecule has 0 bridgehead atoms. The maximum absolute atomic E-state index is 5.27. The highest BCUT2D eigenvalue weighted by Gasteiger charge is 1.99. The van der Waals surface area contributed by atoms with Gasteiger partial charge in [-0.05, 0) is 30.8 Å². The molecule has 0 aliphatic rings. The molecule has 1 rings (SSSR count). The lowest BCUT2D eigenvalue weighted by molar-refractivity contribution is 0.415. The van der Waals surface area contributed by atoms with Crippen LogP contribution >= 0.6 is 12.2 Å². The molecule has 0 spiro atoms. The second-order valence-electron chi connectivity index (χ2n) is 4.88. The second-order valence-corrected chi connectivity index (χ2v) is 5.29. The van der Waals surface area contributed by atoms with Crippen LogP contribution in [0.2, 0.25) is 0 Å². The van der Waals surface area contributed by atoms with Crippen LogP contribution in [0, 0.1) is 0 Å². The number of unbranched alkanes of at least 4 members (excludes halogenated alkanes) is 5. The van der Waals surface area contributed by atoms with Crippen molar-refractivity contribution in [1.29, 1.82) is 0 Å². The van der Waals surface area contributed by atoms with Gasteiger partial charge in [-0.3, -0.25) is 0 Å². The summed E-state index contributed by atoms with van der Waals surface area (Å²) in [5, 5.41) is 7.08. The largest absolute Gasteiger partial charge is 0.497 e. The van der Waals surface area contributed by atoms with Gasteiger partial charge in [0.15, 0.2) is 5.11 Å². The van der Waals surface area contributed by atoms with Gasteiger partial charge in [0.1, 0.15) is 5.75 Å². The summed E-state index contributed by atoms with van der Waals surface area (Å²) in [7, 11) is 1.66. The number of benzene rings is 1. The van der Waals surface area contributed by atoms with Crippen LogP contribution in [0.3, 0.4) is 0 Å². The van der Waals surface area contributed by atoms with Crippen LogP contribution < -0.4 is 15.4 Å². The summed E-state index contributed by atoms with van der Waals surface area (Å²) in [5.41, 5.74) is 0.949. The molecule has 0 aliphatic heterocycles. The van der Waals surface area contributed by atoms with Crippen molar-refractivity contribution in [2.45, 2.75) is 45.4 Å². The van der Waals surface area contributed by atoms with Gasteiger partial charge in [-0.2, -0.15) is 0 Å². The molecule has 0 saturated heterocycles. The van der Waals surface area contributed by atoms with E-state index in [0.29, 0.717) is 5.11 Å². The Bertz CT molecular complexity index is 396. The van der Waals surface area contributed by atoms with E-state index in [0.717, 1.165) is 18.0 Å². The summed E-state index contributed by atoms with van der Waals surface area (Å²) in [6.07, 6.45) is 7.77. The molecule has 20 heavy (non-hydrogen) atoms. The number of hydrogen-bond acceptors (Lipinski definition) is 2. The van der Waals surface area contributed by atoms with Crippen LogP contribution in [0.5, 0.6) is 5.75 Å². The number of rotatable bonds is 9. The van der Waals surface area contributed by atoms with E-state index in [2.05, 4.69) is 17.6 Å². The Labute approximate surface area is 128 Å². The van der Waals surface area contributed by atoms with Gasteiger partial charge < -0.3 is 15.4 Å². The zero-order valence-corrected chi connectivity index (χ0v) is 13.4. The van der Waals surface area contributed by atoms with E-state index in [1.165, 1.54) is 38.5 Å². The molecule has 2 N–H and O–H groups in total. The molecule has 0 aromatic heterocycles. The zero-order chi connectivity index (χ0) is 14.6. The third-order valence-electron chi connectivity index (χ3n) is 3.14. The van der Waals surface area contributed by atoms with Crippen molar-refractivity contribution in [3.63, 3.8) is 0 Å². The Morgan fingerprint density at radius 3 is 2.65 bits per heavy atom. The lowest BCUT2D eigenvalue weighted by atomic mass is 10.1. The van der Waals surface area contributed by atoms with Crippen molar-refractivity contribution in [2.75, 3.05) is 19.0 Å². The molecule has 3 nitrogen and oxygen atoms in total. The van der Waals surface area contributed by atoms with Crippen molar-refractivity contribution in [3.8, 4) is 5.75 Å². The van der Waals surface area contributed by atoms with E-state index in [-0.39, 0.29) is 0 Å². The second kappa shape index (κ2) is 10.5. The average molecular weight is 294 g/mol. The van der Waals surface area contributed by atoms with E-state index >= 15 is 0 Å². The Hall–Kier alpha value is -1.29. The lowest BCUT2D eigenvalue weighted by Gasteiger charge is -2.11. The fraction of sp³-hybridized carbons (Fsp3) is 0.562. The molecule has 112 valence electrons. The molecule has 0 amide bonds. The maximum Gasteiger partial charge on any atom is 0.170 e. The van der Waals surface area contributed by atoms with Gasteiger partial charge in [-0.25, -0.2) is 0 Å². The summed E-state index contributed by atoms with van der Waals surface area (Å²) < 4.78 is 5.18. The zero-order valence-electron chi connectivity index (χ0n) is 12.6. The van der Waals surface area contributed by atoms with Crippen molar-refractivity contribution in [3.05, 3.63) is 24.3 Å². The van der Waals surface area contributed by atoms with Crippen LogP contribution in [0.25, 0.3) is 0 Å². The molecule has 1 aromatic carbocycles. The normalized spacial score (nSPS) is 10.1. The standard InChI is InChI=1S/C16H26N2OS/c1-3-4-5-6-7-8-12-17-16(20)18-14-10-9-11-15(13-14)19-2/h9-11,13H,3-8,12H2,1-2H3,(H2,17,18,20). The molecular weight excluding hydrogens is 268 g/mol. The summed E-state index contributed by atoms with van der Waals surface area (Å²) in [6, 6.07) is 7.76. The summed E-state index contributed by atoms with van der Waals surface area (Å²) in [5.74, 6) is 0.828. The topological polar surface area (TPSA) is 33.3 Å². The first-order valence-corrected chi connectivity index (χ1v) is 7.86. The number of hydrogen-bond donors (Lipinski definition) is 2. The molecule has 0 atom stereocenters. The van der Waals surface area contributed by atoms with E-state index in [4.69, 9.17) is 17.0 Å². The van der Waals surface area contributed by atoms with Gasteiger partial charge in [0.05, 0.1) is 7.11 Å². The highest BCUT2D eigenvalue weighted by molar-refractivity contribution is 7.80. The highest BCUT2D eigenvalue weighted by Crippen LogP contribution is 2.16. The van der Waals surface area contributed by atoms with Gasteiger partial charge in [-0.1, -0.05) is 45.1 Å². The van der Waals surface area contributed by atoms with Crippen LogP contribution in [0.15, 0.2) is 24.3 Å². The molecule has 4 heteroatoms. The quantitative estimate of drug-likeness (QED) is 0.524.